The van der Waals surface area contributed by atoms with E-state index in [9.17, 15) is 8.42 Å². The molecule has 0 fully saturated rings. The van der Waals surface area contributed by atoms with Gasteiger partial charge in [0.15, 0.2) is 0 Å². The van der Waals surface area contributed by atoms with Crippen LogP contribution in [0.1, 0.15) is 34.9 Å². The van der Waals surface area contributed by atoms with E-state index in [4.69, 9.17) is 5.10 Å². The van der Waals surface area contributed by atoms with Gasteiger partial charge in [0.05, 0.1) is 17.1 Å². The number of nitrogens with zero attached hydrogens (tertiary/aromatic N) is 2. The molecule has 4 rings (SSSR count). The first-order valence-electron chi connectivity index (χ1n) is 9.77. The van der Waals surface area contributed by atoms with Crippen LogP contribution in [0.5, 0.6) is 0 Å². The summed E-state index contributed by atoms with van der Waals surface area (Å²) in [6.07, 6.45) is 4.76. The summed E-state index contributed by atoms with van der Waals surface area (Å²) in [6.45, 7) is 4.85. The number of hydrogen-bond acceptors (Lipinski definition) is 3. The van der Waals surface area contributed by atoms with Gasteiger partial charge in [0.1, 0.15) is 0 Å². The fraction of sp³-hybridized carbons (Fsp3) is 0.261. The molecule has 1 aromatic heterocycles. The van der Waals surface area contributed by atoms with Crippen molar-refractivity contribution in [2.45, 2.75) is 43.7 Å². The van der Waals surface area contributed by atoms with Crippen molar-refractivity contribution in [1.29, 1.82) is 0 Å². The highest BCUT2D eigenvalue weighted by Gasteiger charge is 2.28. The van der Waals surface area contributed by atoms with E-state index >= 15 is 0 Å². The summed E-state index contributed by atoms with van der Waals surface area (Å²) in [7, 11) is -3.53. The number of aryl methyl sites for hydroxylation is 1. The van der Waals surface area contributed by atoms with Gasteiger partial charge in [-0.15, -0.1) is 0 Å². The van der Waals surface area contributed by atoms with Gasteiger partial charge in [-0.1, -0.05) is 60.7 Å². The molecule has 0 aliphatic heterocycles. The molecule has 1 aliphatic carbocycles. The molecule has 0 saturated carbocycles. The third-order valence-electron chi connectivity index (χ3n) is 5.43. The van der Waals surface area contributed by atoms with Crippen molar-refractivity contribution < 1.29 is 8.42 Å². The maximum absolute atomic E-state index is 12.6. The molecule has 0 spiro atoms. The molecule has 1 aliphatic rings. The van der Waals surface area contributed by atoms with Crippen molar-refractivity contribution in [2.24, 2.45) is 0 Å². The number of sulfonamides is 1. The monoisotopic (exact) mass is 407 g/mol. The Balaban J connectivity index is 1.49. The van der Waals surface area contributed by atoms with Gasteiger partial charge in [-0.2, -0.15) is 5.10 Å². The predicted molar refractivity (Wildman–Crippen MR) is 114 cm³/mol. The minimum absolute atomic E-state index is 0.156. The number of allylic oxidation sites excluding steroid dienone is 1. The maximum atomic E-state index is 12.6. The second-order valence-corrected chi connectivity index (χ2v) is 9.21. The van der Waals surface area contributed by atoms with Crippen molar-refractivity contribution in [3.05, 3.63) is 95.3 Å². The lowest BCUT2D eigenvalue weighted by Crippen LogP contribution is -2.32. The van der Waals surface area contributed by atoms with Crippen LogP contribution in [0.25, 0.3) is 0 Å². The molecule has 0 radical (unpaired) electrons. The molecule has 2 aromatic carbocycles. The van der Waals surface area contributed by atoms with E-state index < -0.39 is 10.0 Å². The molecule has 0 saturated heterocycles. The van der Waals surface area contributed by atoms with Gasteiger partial charge in [0, 0.05) is 23.2 Å². The summed E-state index contributed by atoms with van der Waals surface area (Å²) in [4.78, 5) is 0.292. The number of nitrogens with one attached hydrogen (secondary N) is 1. The lowest BCUT2D eigenvalue weighted by atomic mass is 9.96. The van der Waals surface area contributed by atoms with E-state index in [-0.39, 0.29) is 12.0 Å². The normalized spacial score (nSPS) is 19.0. The molecular weight excluding hydrogens is 382 g/mol. The Morgan fingerprint density at radius 1 is 1.00 bits per heavy atom. The highest BCUT2D eigenvalue weighted by atomic mass is 32.2. The Bertz CT molecular complexity index is 1120. The summed E-state index contributed by atoms with van der Waals surface area (Å²) in [5, 5.41) is 4.74. The number of rotatable bonds is 6. The molecular formula is C23H25N3O2S. The van der Waals surface area contributed by atoms with Crippen LogP contribution in [0.2, 0.25) is 0 Å². The van der Waals surface area contributed by atoms with Crippen molar-refractivity contribution in [3.63, 3.8) is 0 Å². The smallest absolute Gasteiger partial charge is 0.241 e. The van der Waals surface area contributed by atoms with Gasteiger partial charge >= 0.3 is 0 Å². The van der Waals surface area contributed by atoms with Crippen LogP contribution in [-0.4, -0.2) is 24.2 Å². The minimum Gasteiger partial charge on any atom is -0.265 e. The van der Waals surface area contributed by atoms with E-state index in [0.717, 1.165) is 17.9 Å². The van der Waals surface area contributed by atoms with Crippen LogP contribution in [0.3, 0.4) is 0 Å². The summed E-state index contributed by atoms with van der Waals surface area (Å²) in [5.41, 5.74) is 4.53. The molecule has 150 valence electrons. The van der Waals surface area contributed by atoms with Crippen molar-refractivity contribution >= 4 is 10.0 Å². The Kier molecular flexibility index (Phi) is 5.39. The summed E-state index contributed by atoms with van der Waals surface area (Å²) in [6, 6.07) is 18.5. The second-order valence-electron chi connectivity index (χ2n) is 7.50. The van der Waals surface area contributed by atoms with Crippen LogP contribution < -0.4 is 4.72 Å². The first kappa shape index (κ1) is 19.6. The first-order chi connectivity index (χ1) is 13.9. The molecule has 0 bridgehead atoms. The molecule has 6 heteroatoms. The molecule has 5 nitrogen and oxygen atoms in total. The quantitative estimate of drug-likeness (QED) is 0.630. The van der Waals surface area contributed by atoms with Crippen LogP contribution >= 0.6 is 0 Å². The summed E-state index contributed by atoms with van der Waals surface area (Å²) >= 11 is 0. The lowest BCUT2D eigenvalue weighted by Gasteiger charge is -2.15. The minimum atomic E-state index is -3.53. The zero-order valence-corrected chi connectivity index (χ0v) is 17.4. The fourth-order valence-corrected chi connectivity index (χ4v) is 5.25. The topological polar surface area (TPSA) is 64.0 Å². The fourth-order valence-electron chi connectivity index (χ4n) is 4.03. The van der Waals surface area contributed by atoms with Gasteiger partial charge in [-0.3, -0.25) is 4.68 Å². The standard InChI is InChI=1S/C23H25N3O2S/c1-17-23(18(2)26(24-17)16-19-9-5-3-6-10-19)20-13-14-21(15-20)25-29(27,28)22-11-7-4-8-12-22/h3-14,20-21,25H,15-16H2,1-2H3/t20-,21-/m1/s1. The zero-order valence-electron chi connectivity index (χ0n) is 16.6. The number of hydrogen-bond donors (Lipinski definition) is 1. The van der Waals surface area contributed by atoms with E-state index in [1.54, 1.807) is 24.3 Å². The Labute approximate surface area is 172 Å². The van der Waals surface area contributed by atoms with E-state index in [2.05, 4.69) is 29.9 Å². The van der Waals surface area contributed by atoms with Gasteiger partial charge in [-0.05, 0) is 38.0 Å². The van der Waals surface area contributed by atoms with Crippen LogP contribution in [0.4, 0.5) is 0 Å². The van der Waals surface area contributed by atoms with Crippen molar-refractivity contribution in [3.8, 4) is 0 Å². The van der Waals surface area contributed by atoms with Crippen LogP contribution in [0, 0.1) is 13.8 Å². The van der Waals surface area contributed by atoms with Gasteiger partial charge in [-0.25, -0.2) is 13.1 Å². The van der Waals surface area contributed by atoms with Crippen molar-refractivity contribution in [1.82, 2.24) is 14.5 Å². The van der Waals surface area contributed by atoms with Gasteiger partial charge < -0.3 is 0 Å². The molecule has 0 amide bonds. The number of benzene rings is 2. The maximum Gasteiger partial charge on any atom is 0.241 e. The average Bonchev–Trinajstić information content (AvgIpc) is 3.26. The molecule has 3 aromatic rings. The number of aromatic nitrogens is 2. The third-order valence-corrected chi connectivity index (χ3v) is 6.93. The largest absolute Gasteiger partial charge is 0.265 e. The Hall–Kier alpha value is -2.70. The lowest BCUT2D eigenvalue weighted by molar-refractivity contribution is 0.563. The van der Waals surface area contributed by atoms with Crippen LogP contribution in [-0.2, 0) is 16.6 Å². The highest BCUT2D eigenvalue weighted by molar-refractivity contribution is 7.89. The highest BCUT2D eigenvalue weighted by Crippen LogP contribution is 2.33. The van der Waals surface area contributed by atoms with E-state index in [1.807, 2.05) is 41.9 Å². The summed E-state index contributed by atoms with van der Waals surface area (Å²) < 4.78 is 30.1. The molecule has 1 N–H and O–H groups in total. The predicted octanol–water partition coefficient (Wildman–Crippen LogP) is 3.94. The van der Waals surface area contributed by atoms with Crippen LogP contribution in [0.15, 0.2) is 77.7 Å². The van der Waals surface area contributed by atoms with Gasteiger partial charge in [0.2, 0.25) is 10.0 Å². The second kappa shape index (κ2) is 7.97. The Morgan fingerprint density at radius 3 is 2.34 bits per heavy atom. The molecule has 2 atom stereocenters. The SMILES string of the molecule is Cc1nn(Cc2ccccc2)c(C)c1[C@@H]1C=C[C@@H](NS(=O)(=O)c2ccccc2)C1. The first-order valence-corrected chi connectivity index (χ1v) is 11.3. The van der Waals surface area contributed by atoms with E-state index in [0.29, 0.717) is 11.3 Å². The molecule has 1 heterocycles. The average molecular weight is 408 g/mol. The molecule has 0 unspecified atom stereocenters. The Morgan fingerprint density at radius 2 is 1.66 bits per heavy atom. The molecule has 29 heavy (non-hydrogen) atoms. The van der Waals surface area contributed by atoms with Gasteiger partial charge in [0.25, 0.3) is 0 Å². The van der Waals surface area contributed by atoms with E-state index in [1.165, 1.54) is 11.1 Å². The zero-order chi connectivity index (χ0) is 20.4. The van der Waals surface area contributed by atoms with Crippen molar-refractivity contribution in [2.75, 3.05) is 0 Å². The summed E-state index contributed by atoms with van der Waals surface area (Å²) in [5.74, 6) is 0.156. The third kappa shape index (κ3) is 4.18.